The zero-order chi connectivity index (χ0) is 18.2. The zero-order valence-electron chi connectivity index (χ0n) is 14.5. The van der Waals surface area contributed by atoms with Crippen molar-refractivity contribution in [3.05, 3.63) is 59.2 Å². The molecule has 6 nitrogen and oxygen atoms in total. The van der Waals surface area contributed by atoms with Crippen LogP contribution >= 0.6 is 0 Å². The zero-order valence-corrected chi connectivity index (χ0v) is 15.3. The van der Waals surface area contributed by atoms with Gasteiger partial charge < -0.3 is 5.32 Å². The Hall–Kier alpha value is -2.38. The van der Waals surface area contributed by atoms with Gasteiger partial charge in [-0.2, -0.15) is 12.7 Å². The molecule has 0 bridgehead atoms. The van der Waals surface area contributed by atoms with Gasteiger partial charge in [0.1, 0.15) is 0 Å². The van der Waals surface area contributed by atoms with Gasteiger partial charge in [0.05, 0.1) is 5.69 Å². The van der Waals surface area contributed by atoms with Crippen LogP contribution in [-0.4, -0.2) is 39.3 Å². The van der Waals surface area contributed by atoms with Crippen LogP contribution in [0.15, 0.2) is 42.5 Å². The second kappa shape index (κ2) is 6.50. The van der Waals surface area contributed by atoms with Crippen LogP contribution < -0.4 is 9.62 Å². The molecule has 0 saturated heterocycles. The van der Waals surface area contributed by atoms with Gasteiger partial charge in [0.2, 0.25) is 0 Å². The van der Waals surface area contributed by atoms with Crippen LogP contribution in [0.4, 0.5) is 11.4 Å². The highest BCUT2D eigenvalue weighted by molar-refractivity contribution is 7.90. The van der Waals surface area contributed by atoms with Crippen molar-refractivity contribution < 1.29 is 13.2 Å². The molecule has 0 atom stereocenters. The first kappa shape index (κ1) is 17.4. The van der Waals surface area contributed by atoms with Crippen LogP contribution in [0, 0.1) is 6.92 Å². The van der Waals surface area contributed by atoms with Gasteiger partial charge in [-0.05, 0) is 48.7 Å². The van der Waals surface area contributed by atoms with Gasteiger partial charge in [0.15, 0.2) is 0 Å². The van der Waals surface area contributed by atoms with E-state index < -0.39 is 10.2 Å². The van der Waals surface area contributed by atoms with Crippen LogP contribution in [-0.2, 0) is 16.6 Å². The number of benzene rings is 2. The fraction of sp³-hybridized carbons (Fsp3) is 0.278. The first-order chi connectivity index (χ1) is 11.8. The summed E-state index contributed by atoms with van der Waals surface area (Å²) in [6.45, 7) is 2.25. The fourth-order valence-corrected chi connectivity index (χ4v) is 4.16. The largest absolute Gasteiger partial charge is 0.322 e. The molecule has 0 aliphatic carbocycles. The normalized spacial score (nSPS) is 13.8. The van der Waals surface area contributed by atoms with E-state index in [2.05, 4.69) is 5.32 Å². The monoisotopic (exact) mass is 359 g/mol. The molecule has 0 fully saturated rings. The Morgan fingerprint density at radius 1 is 1.12 bits per heavy atom. The predicted molar refractivity (Wildman–Crippen MR) is 99.2 cm³/mol. The number of anilines is 2. The van der Waals surface area contributed by atoms with Gasteiger partial charge in [-0.3, -0.25) is 9.10 Å². The van der Waals surface area contributed by atoms with Crippen LogP contribution in [0.3, 0.4) is 0 Å². The van der Waals surface area contributed by atoms with Gasteiger partial charge in [-0.1, -0.05) is 18.2 Å². The van der Waals surface area contributed by atoms with Crippen molar-refractivity contribution in [2.24, 2.45) is 0 Å². The summed E-state index contributed by atoms with van der Waals surface area (Å²) in [6.07, 6.45) is 0.598. The summed E-state index contributed by atoms with van der Waals surface area (Å²) in [4.78, 5) is 12.6. The van der Waals surface area contributed by atoms with E-state index >= 15 is 0 Å². The SMILES string of the molecule is Cc1c(C(=O)Nc2ccccc2)ccc2c1CCN2S(=O)(=O)N(C)C. The Kier molecular flexibility index (Phi) is 4.53. The Bertz CT molecular complexity index is 909. The molecule has 0 aromatic heterocycles. The van der Waals surface area contributed by atoms with Crippen molar-refractivity contribution in [1.29, 1.82) is 0 Å². The molecule has 1 amide bonds. The quantitative estimate of drug-likeness (QED) is 0.911. The maximum atomic E-state index is 12.6. The number of hydrogen-bond donors (Lipinski definition) is 1. The third kappa shape index (κ3) is 3.12. The van der Waals surface area contributed by atoms with Gasteiger partial charge in [0.25, 0.3) is 5.91 Å². The van der Waals surface area contributed by atoms with Gasteiger partial charge in [0, 0.05) is 31.9 Å². The second-order valence-electron chi connectivity index (χ2n) is 6.17. The average molecular weight is 359 g/mol. The van der Waals surface area contributed by atoms with E-state index in [1.165, 1.54) is 22.7 Å². The van der Waals surface area contributed by atoms with Crippen molar-refractivity contribution >= 4 is 27.5 Å². The second-order valence-corrected chi connectivity index (χ2v) is 8.23. The van der Waals surface area contributed by atoms with Crippen LogP contribution in [0.2, 0.25) is 0 Å². The van der Waals surface area contributed by atoms with Crippen LogP contribution in [0.5, 0.6) is 0 Å². The number of fused-ring (bicyclic) bond motifs is 1. The molecular formula is C18H21N3O3S. The number of carbonyl (C=O) groups excluding carboxylic acids is 1. The molecule has 2 aromatic carbocycles. The third-order valence-corrected chi connectivity index (χ3v) is 6.28. The summed E-state index contributed by atoms with van der Waals surface area (Å²) < 4.78 is 27.5. The minimum absolute atomic E-state index is 0.194. The smallest absolute Gasteiger partial charge is 0.303 e. The van der Waals surface area contributed by atoms with E-state index in [9.17, 15) is 13.2 Å². The minimum Gasteiger partial charge on any atom is -0.322 e. The number of hydrogen-bond acceptors (Lipinski definition) is 3. The van der Waals surface area contributed by atoms with Crippen molar-refractivity contribution in [3.63, 3.8) is 0 Å². The molecule has 132 valence electrons. The van der Waals surface area contributed by atoms with Crippen molar-refractivity contribution in [1.82, 2.24) is 4.31 Å². The molecule has 0 saturated carbocycles. The van der Waals surface area contributed by atoms with Crippen LogP contribution in [0.25, 0.3) is 0 Å². The van der Waals surface area contributed by atoms with E-state index in [1.54, 1.807) is 12.1 Å². The third-order valence-electron chi connectivity index (χ3n) is 4.42. The molecular weight excluding hydrogens is 338 g/mol. The molecule has 2 aromatic rings. The number of nitrogens with zero attached hydrogens (tertiary/aromatic N) is 2. The maximum Gasteiger partial charge on any atom is 0.303 e. The predicted octanol–water partition coefficient (Wildman–Crippen LogP) is 2.42. The highest BCUT2D eigenvalue weighted by atomic mass is 32.2. The summed E-state index contributed by atoms with van der Waals surface area (Å²) in [5.41, 5.74) is 3.67. The lowest BCUT2D eigenvalue weighted by Crippen LogP contribution is -2.39. The Morgan fingerprint density at radius 3 is 2.44 bits per heavy atom. The standard InChI is InChI=1S/C18H21N3O3S/c1-13-15-11-12-21(25(23,24)20(2)3)17(15)10-9-16(13)18(22)19-14-7-5-4-6-8-14/h4-10H,11-12H2,1-3H3,(H,19,22). The Morgan fingerprint density at radius 2 is 1.80 bits per heavy atom. The number of nitrogens with one attached hydrogen (secondary N) is 1. The highest BCUT2D eigenvalue weighted by Crippen LogP contribution is 2.34. The first-order valence-corrected chi connectivity index (χ1v) is 9.41. The van der Waals surface area contributed by atoms with E-state index in [0.29, 0.717) is 24.2 Å². The van der Waals surface area contributed by atoms with Gasteiger partial charge in [-0.15, -0.1) is 0 Å². The minimum atomic E-state index is -3.52. The topological polar surface area (TPSA) is 69.7 Å². The molecule has 7 heteroatoms. The molecule has 25 heavy (non-hydrogen) atoms. The van der Waals surface area contributed by atoms with Gasteiger partial charge in [-0.25, -0.2) is 0 Å². The summed E-state index contributed by atoms with van der Waals surface area (Å²) in [6, 6.07) is 12.7. The number of rotatable bonds is 4. The first-order valence-electron chi connectivity index (χ1n) is 8.01. The van der Waals surface area contributed by atoms with Crippen LogP contribution in [0.1, 0.15) is 21.5 Å². The van der Waals surface area contributed by atoms with E-state index in [1.807, 2.05) is 37.3 Å². The summed E-state index contributed by atoms with van der Waals surface area (Å²) in [5, 5.41) is 2.87. The molecule has 3 rings (SSSR count). The van der Waals surface area contributed by atoms with Crippen molar-refractivity contribution in [3.8, 4) is 0 Å². The van der Waals surface area contributed by atoms with Crippen molar-refractivity contribution in [2.45, 2.75) is 13.3 Å². The maximum absolute atomic E-state index is 12.6. The summed E-state index contributed by atoms with van der Waals surface area (Å²) in [5.74, 6) is -0.194. The molecule has 1 N–H and O–H groups in total. The summed E-state index contributed by atoms with van der Waals surface area (Å²) in [7, 11) is -0.491. The lowest BCUT2D eigenvalue weighted by Gasteiger charge is -2.23. The molecule has 0 spiro atoms. The van der Waals surface area contributed by atoms with E-state index in [4.69, 9.17) is 0 Å². The molecule has 1 aliphatic heterocycles. The Balaban J connectivity index is 1.93. The number of amides is 1. The number of carbonyl (C=O) groups is 1. The average Bonchev–Trinajstić information content (AvgIpc) is 3.01. The van der Waals surface area contributed by atoms with E-state index in [0.717, 1.165) is 16.8 Å². The molecule has 1 aliphatic rings. The van der Waals surface area contributed by atoms with Crippen molar-refractivity contribution in [2.75, 3.05) is 30.3 Å². The lowest BCUT2D eigenvalue weighted by atomic mass is 9.99. The summed E-state index contributed by atoms with van der Waals surface area (Å²) >= 11 is 0. The van der Waals surface area contributed by atoms with E-state index in [-0.39, 0.29) is 5.91 Å². The molecule has 0 unspecified atom stereocenters. The van der Waals surface area contributed by atoms with Gasteiger partial charge >= 0.3 is 10.2 Å². The Labute approximate surface area is 148 Å². The molecule has 0 radical (unpaired) electrons. The number of para-hydroxylation sites is 1. The highest BCUT2D eigenvalue weighted by Gasteiger charge is 2.32. The lowest BCUT2D eigenvalue weighted by molar-refractivity contribution is 0.102. The fourth-order valence-electron chi connectivity index (χ4n) is 3.03. The molecule has 1 heterocycles.